The highest BCUT2D eigenvalue weighted by Gasteiger charge is 2.05. The first-order valence-electron chi connectivity index (χ1n) is 7.15. The summed E-state index contributed by atoms with van der Waals surface area (Å²) < 4.78 is 0. The molecule has 108 valence electrons. The largest absolute Gasteiger partial charge is 0.324 e. The molecule has 4 rings (SSSR count). The minimum absolute atomic E-state index is 0.595. The van der Waals surface area contributed by atoms with Crippen molar-refractivity contribution in [2.24, 2.45) is 0 Å². The van der Waals surface area contributed by atoms with Crippen molar-refractivity contribution in [3.63, 3.8) is 0 Å². The molecule has 0 saturated heterocycles. The average Bonchev–Trinajstić information content (AvgIpc) is 2.89. The van der Waals surface area contributed by atoms with Crippen LogP contribution in [0.1, 0.15) is 11.3 Å². The van der Waals surface area contributed by atoms with E-state index in [0.29, 0.717) is 5.95 Å². The molecule has 0 aliphatic carbocycles. The van der Waals surface area contributed by atoms with E-state index in [1.165, 1.54) is 0 Å². The summed E-state index contributed by atoms with van der Waals surface area (Å²) in [6.07, 6.45) is 1.84. The fourth-order valence-corrected chi connectivity index (χ4v) is 2.63. The lowest BCUT2D eigenvalue weighted by atomic mass is 10.1. The zero-order chi connectivity index (χ0) is 15.1. The number of benzene rings is 2. The van der Waals surface area contributed by atoms with Gasteiger partial charge in [0.15, 0.2) is 0 Å². The van der Waals surface area contributed by atoms with Crippen molar-refractivity contribution in [2.45, 2.75) is 13.8 Å². The van der Waals surface area contributed by atoms with Gasteiger partial charge in [0.1, 0.15) is 0 Å². The maximum Gasteiger partial charge on any atom is 0.227 e. The monoisotopic (exact) mass is 289 g/mol. The first-order valence-corrected chi connectivity index (χ1v) is 7.15. The summed E-state index contributed by atoms with van der Waals surface area (Å²) in [4.78, 5) is 8.99. The summed E-state index contributed by atoms with van der Waals surface area (Å²) in [5, 5.41) is 12.7. The van der Waals surface area contributed by atoms with Crippen LogP contribution >= 0.6 is 0 Å². The van der Waals surface area contributed by atoms with E-state index in [1.807, 2.05) is 43.5 Å². The number of hydrogen-bond acceptors (Lipinski definition) is 4. The van der Waals surface area contributed by atoms with Gasteiger partial charge in [-0.05, 0) is 37.6 Å². The summed E-state index contributed by atoms with van der Waals surface area (Å²) in [5.74, 6) is 0.595. The molecule has 0 atom stereocenters. The van der Waals surface area contributed by atoms with Crippen molar-refractivity contribution in [3.05, 3.63) is 53.9 Å². The van der Waals surface area contributed by atoms with Crippen molar-refractivity contribution in [2.75, 3.05) is 5.32 Å². The Morgan fingerprint density at radius 3 is 2.91 bits per heavy atom. The van der Waals surface area contributed by atoms with Gasteiger partial charge in [0.25, 0.3) is 0 Å². The Kier molecular flexibility index (Phi) is 2.79. The average molecular weight is 289 g/mol. The normalized spacial score (nSPS) is 11.2. The molecule has 5 nitrogen and oxygen atoms in total. The standard InChI is InChI=1S/C17H15N5/c1-10-4-3-5-12-9-18-17(20-16(10)12)19-13-6-7-14-11(2)21-22-15(14)8-13/h3-9H,1-2H3,(H,21,22)(H,18,19,20). The van der Waals surface area contributed by atoms with Crippen molar-refractivity contribution in [1.29, 1.82) is 0 Å². The van der Waals surface area contributed by atoms with Crippen LogP contribution in [0.5, 0.6) is 0 Å². The van der Waals surface area contributed by atoms with E-state index < -0.39 is 0 Å². The number of nitrogens with zero attached hydrogens (tertiary/aromatic N) is 3. The molecule has 2 N–H and O–H groups in total. The lowest BCUT2D eigenvalue weighted by molar-refractivity contribution is 1.07. The summed E-state index contributed by atoms with van der Waals surface area (Å²) in [6.45, 7) is 4.04. The molecular weight excluding hydrogens is 274 g/mol. The highest BCUT2D eigenvalue weighted by molar-refractivity contribution is 5.85. The van der Waals surface area contributed by atoms with Gasteiger partial charge in [0.2, 0.25) is 5.95 Å². The van der Waals surface area contributed by atoms with Crippen LogP contribution in [0.2, 0.25) is 0 Å². The lowest BCUT2D eigenvalue weighted by Gasteiger charge is -2.07. The molecule has 0 amide bonds. The minimum Gasteiger partial charge on any atom is -0.324 e. The molecule has 4 aromatic rings. The van der Waals surface area contributed by atoms with Crippen molar-refractivity contribution >= 4 is 33.4 Å². The fraction of sp³-hybridized carbons (Fsp3) is 0.118. The number of aromatic amines is 1. The second kappa shape index (κ2) is 4.80. The van der Waals surface area contributed by atoms with E-state index >= 15 is 0 Å². The number of aryl methyl sites for hydroxylation is 2. The van der Waals surface area contributed by atoms with Crippen LogP contribution in [-0.2, 0) is 0 Å². The number of rotatable bonds is 2. The van der Waals surface area contributed by atoms with Crippen molar-refractivity contribution in [3.8, 4) is 0 Å². The molecule has 0 radical (unpaired) electrons. The zero-order valence-electron chi connectivity index (χ0n) is 12.4. The number of para-hydroxylation sites is 1. The van der Waals surface area contributed by atoms with E-state index in [0.717, 1.165) is 38.8 Å². The number of fused-ring (bicyclic) bond motifs is 2. The van der Waals surface area contributed by atoms with E-state index in [9.17, 15) is 0 Å². The summed E-state index contributed by atoms with van der Waals surface area (Å²) in [6, 6.07) is 12.2. The van der Waals surface area contributed by atoms with Crippen molar-refractivity contribution in [1.82, 2.24) is 20.2 Å². The first kappa shape index (κ1) is 12.8. The molecule has 0 aliphatic rings. The molecule has 0 fully saturated rings. The molecule has 22 heavy (non-hydrogen) atoms. The summed E-state index contributed by atoms with van der Waals surface area (Å²) in [5.41, 5.74) is 5.05. The van der Waals surface area contributed by atoms with Crippen LogP contribution in [-0.4, -0.2) is 20.2 Å². The van der Waals surface area contributed by atoms with E-state index in [2.05, 4.69) is 38.5 Å². The van der Waals surface area contributed by atoms with Crippen LogP contribution in [0.4, 0.5) is 11.6 Å². The smallest absolute Gasteiger partial charge is 0.227 e. The lowest BCUT2D eigenvalue weighted by Crippen LogP contribution is -1.97. The molecule has 0 spiro atoms. The van der Waals surface area contributed by atoms with Crippen molar-refractivity contribution < 1.29 is 0 Å². The molecule has 2 aromatic heterocycles. The third-order valence-corrected chi connectivity index (χ3v) is 3.82. The van der Waals surface area contributed by atoms with Gasteiger partial charge in [-0.25, -0.2) is 9.97 Å². The second-order valence-corrected chi connectivity index (χ2v) is 5.40. The predicted molar refractivity (Wildman–Crippen MR) is 88.4 cm³/mol. The maximum atomic E-state index is 4.61. The number of aromatic nitrogens is 4. The van der Waals surface area contributed by atoms with E-state index in [1.54, 1.807) is 0 Å². The van der Waals surface area contributed by atoms with Gasteiger partial charge in [0, 0.05) is 22.7 Å². The highest BCUT2D eigenvalue weighted by atomic mass is 15.1. The maximum absolute atomic E-state index is 4.61. The van der Waals surface area contributed by atoms with Crippen LogP contribution in [0.25, 0.3) is 21.8 Å². The van der Waals surface area contributed by atoms with Gasteiger partial charge >= 0.3 is 0 Å². The molecule has 2 aromatic carbocycles. The Hall–Kier alpha value is -2.95. The Morgan fingerprint density at radius 1 is 1.09 bits per heavy atom. The predicted octanol–water partition coefficient (Wildman–Crippen LogP) is 3.87. The zero-order valence-corrected chi connectivity index (χ0v) is 12.4. The minimum atomic E-state index is 0.595. The Bertz CT molecular complexity index is 987. The Morgan fingerprint density at radius 2 is 2.00 bits per heavy atom. The van der Waals surface area contributed by atoms with Gasteiger partial charge in [-0.1, -0.05) is 18.2 Å². The number of H-pyrrole nitrogens is 1. The first-order chi connectivity index (χ1) is 10.7. The highest BCUT2D eigenvalue weighted by Crippen LogP contribution is 2.23. The Labute approximate surface area is 127 Å². The van der Waals surface area contributed by atoms with Crippen LogP contribution in [0.3, 0.4) is 0 Å². The number of anilines is 2. The molecule has 5 heteroatoms. The third-order valence-electron chi connectivity index (χ3n) is 3.82. The van der Waals surface area contributed by atoms with Crippen LogP contribution in [0, 0.1) is 13.8 Å². The van der Waals surface area contributed by atoms with Crippen LogP contribution < -0.4 is 5.32 Å². The SMILES string of the molecule is Cc1n[nH]c2cc(Nc3ncc4cccc(C)c4n3)ccc12. The van der Waals surface area contributed by atoms with Gasteiger partial charge in [-0.3, -0.25) is 5.10 Å². The van der Waals surface area contributed by atoms with Gasteiger partial charge in [0.05, 0.1) is 16.7 Å². The third kappa shape index (κ3) is 2.07. The topological polar surface area (TPSA) is 66.5 Å². The molecular formula is C17H15N5. The van der Waals surface area contributed by atoms with Gasteiger partial charge in [-0.15, -0.1) is 0 Å². The van der Waals surface area contributed by atoms with Crippen LogP contribution in [0.15, 0.2) is 42.6 Å². The number of hydrogen-bond donors (Lipinski definition) is 2. The quantitative estimate of drug-likeness (QED) is 0.588. The van der Waals surface area contributed by atoms with Gasteiger partial charge < -0.3 is 5.32 Å². The summed E-state index contributed by atoms with van der Waals surface area (Å²) in [7, 11) is 0. The molecule has 0 saturated carbocycles. The molecule has 2 heterocycles. The van der Waals surface area contributed by atoms with Gasteiger partial charge in [-0.2, -0.15) is 5.10 Å². The second-order valence-electron chi connectivity index (χ2n) is 5.40. The fourth-order valence-electron chi connectivity index (χ4n) is 2.63. The number of nitrogens with one attached hydrogen (secondary N) is 2. The van der Waals surface area contributed by atoms with E-state index in [4.69, 9.17) is 0 Å². The molecule has 0 bridgehead atoms. The summed E-state index contributed by atoms with van der Waals surface area (Å²) >= 11 is 0. The molecule has 0 aliphatic heterocycles. The van der Waals surface area contributed by atoms with E-state index in [-0.39, 0.29) is 0 Å². The molecule has 0 unspecified atom stereocenters. The Balaban J connectivity index is 1.73.